The van der Waals surface area contributed by atoms with Gasteiger partial charge in [0.15, 0.2) is 5.78 Å². The Hall–Kier alpha value is -2.40. The van der Waals surface area contributed by atoms with Crippen molar-refractivity contribution in [2.45, 2.75) is 22.5 Å². The van der Waals surface area contributed by atoms with Crippen LogP contribution in [0.5, 0.6) is 5.75 Å². The summed E-state index contributed by atoms with van der Waals surface area (Å²) >= 11 is 0. The second kappa shape index (κ2) is 7.01. The molecule has 0 heterocycles. The molecule has 0 radical (unpaired) electrons. The topological polar surface area (TPSA) is 63.6 Å². The van der Waals surface area contributed by atoms with Crippen molar-refractivity contribution in [2.75, 3.05) is 7.11 Å². The molecule has 4 nitrogen and oxygen atoms in total. The van der Waals surface area contributed by atoms with Crippen LogP contribution in [0, 0.1) is 0 Å². The Morgan fingerprint density at radius 3 is 2.38 bits per heavy atom. The highest BCUT2D eigenvalue weighted by atomic mass is 32.2. The molecule has 2 aromatic rings. The summed E-state index contributed by atoms with van der Waals surface area (Å²) in [5.41, 5.74) is 0.859. The molecule has 0 aromatic heterocycles. The second-order valence-corrected chi connectivity index (χ2v) is 7.22. The number of benzene rings is 2. The third kappa shape index (κ3) is 3.26. The Balaban J connectivity index is 2.00. The molecule has 3 unspecified atom stereocenters. The van der Waals surface area contributed by atoms with Gasteiger partial charge in [0.25, 0.3) is 0 Å². The van der Waals surface area contributed by atoms with Gasteiger partial charge in [0.1, 0.15) is 16.8 Å². The number of aliphatic hydroxyl groups is 1. The lowest BCUT2D eigenvalue weighted by Gasteiger charge is -2.29. The Morgan fingerprint density at radius 1 is 1.08 bits per heavy atom. The predicted octanol–water partition coefficient (Wildman–Crippen LogP) is 3.37. The molecule has 3 rings (SSSR count). The van der Waals surface area contributed by atoms with Crippen LogP contribution in [0.3, 0.4) is 0 Å². The van der Waals surface area contributed by atoms with Crippen molar-refractivity contribution < 1.29 is 18.8 Å². The SMILES string of the molecule is COc1ccc(C2CC(=O)C=C(O)C2S(=O)c2ccccc2)cc1. The van der Waals surface area contributed by atoms with Crippen LogP contribution in [0.4, 0.5) is 0 Å². The molecule has 124 valence electrons. The molecule has 0 fully saturated rings. The van der Waals surface area contributed by atoms with E-state index >= 15 is 0 Å². The van der Waals surface area contributed by atoms with Crippen LogP contribution in [0.1, 0.15) is 17.9 Å². The van der Waals surface area contributed by atoms with Gasteiger partial charge in [-0.15, -0.1) is 0 Å². The highest BCUT2D eigenvalue weighted by Crippen LogP contribution is 2.36. The molecule has 1 aliphatic rings. The lowest BCUT2D eigenvalue weighted by atomic mass is 9.85. The van der Waals surface area contributed by atoms with Crippen LogP contribution >= 0.6 is 0 Å². The molecule has 24 heavy (non-hydrogen) atoms. The standard InChI is InChI=1S/C19H18O4S/c1-23-15-9-7-13(8-10-15)17-11-14(20)12-18(21)19(17)24(22)16-5-3-2-4-6-16/h2-10,12,17,19,21H,11H2,1H3. The van der Waals surface area contributed by atoms with Gasteiger partial charge >= 0.3 is 0 Å². The summed E-state index contributed by atoms with van der Waals surface area (Å²) in [6, 6.07) is 16.3. The highest BCUT2D eigenvalue weighted by Gasteiger charge is 2.37. The number of aliphatic hydroxyl groups excluding tert-OH is 1. The number of methoxy groups -OCH3 is 1. The fourth-order valence-electron chi connectivity index (χ4n) is 2.94. The summed E-state index contributed by atoms with van der Waals surface area (Å²) in [4.78, 5) is 12.6. The molecule has 5 heteroatoms. The van der Waals surface area contributed by atoms with Crippen molar-refractivity contribution in [1.82, 2.24) is 0 Å². The number of carbonyl (C=O) groups is 1. The Bertz CT molecular complexity index is 781. The average Bonchev–Trinajstić information content (AvgIpc) is 2.61. The number of carbonyl (C=O) groups excluding carboxylic acids is 1. The van der Waals surface area contributed by atoms with Gasteiger partial charge < -0.3 is 9.84 Å². The first kappa shape index (κ1) is 16.5. The van der Waals surface area contributed by atoms with Crippen molar-refractivity contribution in [3.63, 3.8) is 0 Å². The number of ketones is 1. The molecular formula is C19H18O4S. The lowest BCUT2D eigenvalue weighted by Crippen LogP contribution is -2.32. The molecule has 0 bridgehead atoms. The third-order valence-corrected chi connectivity index (χ3v) is 5.91. The minimum atomic E-state index is -1.45. The van der Waals surface area contributed by atoms with E-state index < -0.39 is 16.0 Å². The van der Waals surface area contributed by atoms with Gasteiger partial charge in [0.2, 0.25) is 0 Å². The summed E-state index contributed by atoms with van der Waals surface area (Å²) in [6.07, 6.45) is 1.42. The van der Waals surface area contributed by atoms with E-state index in [1.54, 1.807) is 31.4 Å². The molecule has 0 amide bonds. The number of hydrogen-bond donors (Lipinski definition) is 1. The quantitative estimate of drug-likeness (QED) is 0.925. The second-order valence-electron chi connectivity index (χ2n) is 5.65. The summed E-state index contributed by atoms with van der Waals surface area (Å²) in [7, 11) is 0.130. The van der Waals surface area contributed by atoms with Gasteiger partial charge in [-0.2, -0.15) is 0 Å². The van der Waals surface area contributed by atoms with Crippen LogP contribution in [0.15, 0.2) is 71.3 Å². The minimum absolute atomic E-state index is 0.116. The van der Waals surface area contributed by atoms with Crippen molar-refractivity contribution in [1.29, 1.82) is 0 Å². The minimum Gasteiger partial charge on any atom is -0.511 e. The average molecular weight is 342 g/mol. The van der Waals surface area contributed by atoms with E-state index in [0.717, 1.165) is 5.56 Å². The number of rotatable bonds is 4. The van der Waals surface area contributed by atoms with E-state index in [1.807, 2.05) is 30.3 Å². The van der Waals surface area contributed by atoms with Crippen LogP contribution < -0.4 is 4.74 Å². The van der Waals surface area contributed by atoms with Crippen LogP contribution in [-0.4, -0.2) is 27.5 Å². The van der Waals surface area contributed by atoms with Crippen molar-refractivity contribution in [3.05, 3.63) is 72.0 Å². The van der Waals surface area contributed by atoms with Crippen LogP contribution in [0.2, 0.25) is 0 Å². The number of allylic oxidation sites excluding steroid dienone is 1. The zero-order valence-corrected chi connectivity index (χ0v) is 14.0. The lowest BCUT2D eigenvalue weighted by molar-refractivity contribution is -0.115. The van der Waals surface area contributed by atoms with Crippen molar-refractivity contribution in [3.8, 4) is 5.75 Å². The third-order valence-electron chi connectivity index (χ3n) is 4.14. The zero-order chi connectivity index (χ0) is 17.1. The molecule has 0 saturated carbocycles. The van der Waals surface area contributed by atoms with E-state index in [9.17, 15) is 14.1 Å². The summed E-state index contributed by atoms with van der Waals surface area (Å²) < 4.78 is 18.2. The van der Waals surface area contributed by atoms with E-state index in [0.29, 0.717) is 10.6 Å². The number of ether oxygens (including phenoxy) is 1. The number of hydrogen-bond acceptors (Lipinski definition) is 4. The maximum Gasteiger partial charge on any atom is 0.159 e. The Kier molecular flexibility index (Phi) is 4.81. The molecule has 3 atom stereocenters. The summed E-state index contributed by atoms with van der Waals surface area (Å²) in [6.45, 7) is 0. The maximum atomic E-state index is 13.0. The van der Waals surface area contributed by atoms with Gasteiger partial charge in [0, 0.05) is 23.3 Å². The van der Waals surface area contributed by atoms with E-state index in [4.69, 9.17) is 4.74 Å². The van der Waals surface area contributed by atoms with Gasteiger partial charge in [-0.1, -0.05) is 30.3 Å². The molecule has 0 aliphatic heterocycles. The molecule has 1 aliphatic carbocycles. The summed E-state index contributed by atoms with van der Waals surface area (Å²) in [5, 5.41) is 9.69. The first-order chi connectivity index (χ1) is 11.6. The fourth-order valence-corrected chi connectivity index (χ4v) is 4.50. The van der Waals surface area contributed by atoms with Gasteiger partial charge in [-0.05, 0) is 29.8 Å². The molecule has 0 saturated heterocycles. The normalized spacial score (nSPS) is 21.9. The zero-order valence-electron chi connectivity index (χ0n) is 13.2. The van der Waals surface area contributed by atoms with Crippen molar-refractivity contribution >= 4 is 16.6 Å². The smallest absolute Gasteiger partial charge is 0.159 e. The van der Waals surface area contributed by atoms with Crippen LogP contribution in [-0.2, 0) is 15.6 Å². The van der Waals surface area contributed by atoms with Gasteiger partial charge in [-0.3, -0.25) is 9.00 Å². The molecule has 1 N–H and O–H groups in total. The van der Waals surface area contributed by atoms with E-state index in [2.05, 4.69) is 0 Å². The van der Waals surface area contributed by atoms with Crippen LogP contribution in [0.25, 0.3) is 0 Å². The van der Waals surface area contributed by atoms with E-state index in [-0.39, 0.29) is 23.9 Å². The largest absolute Gasteiger partial charge is 0.511 e. The maximum absolute atomic E-state index is 13.0. The van der Waals surface area contributed by atoms with Gasteiger partial charge in [-0.25, -0.2) is 0 Å². The highest BCUT2D eigenvalue weighted by molar-refractivity contribution is 7.86. The van der Waals surface area contributed by atoms with E-state index in [1.165, 1.54) is 6.08 Å². The van der Waals surface area contributed by atoms with Gasteiger partial charge in [0.05, 0.1) is 17.9 Å². The first-order valence-corrected chi connectivity index (χ1v) is 8.84. The predicted molar refractivity (Wildman–Crippen MR) is 92.7 cm³/mol. The fraction of sp³-hybridized carbons (Fsp3) is 0.211. The molecular weight excluding hydrogens is 324 g/mol. The Labute approximate surface area is 143 Å². The first-order valence-electron chi connectivity index (χ1n) is 7.63. The molecule has 0 spiro atoms. The molecule has 2 aromatic carbocycles. The Morgan fingerprint density at radius 2 is 1.75 bits per heavy atom. The van der Waals surface area contributed by atoms with Crippen molar-refractivity contribution in [2.24, 2.45) is 0 Å². The monoisotopic (exact) mass is 342 g/mol. The summed E-state index contributed by atoms with van der Waals surface area (Å²) in [5.74, 6) is 0.0970.